The molecule has 47 heavy (non-hydrogen) atoms. The van der Waals surface area contributed by atoms with Crippen molar-refractivity contribution in [3.63, 3.8) is 0 Å². The fraction of sp³-hybridized carbons (Fsp3) is 0.647. The topological polar surface area (TPSA) is 209 Å². The average Bonchev–Trinajstić information content (AvgIpc) is 2.98. The first-order chi connectivity index (χ1) is 21.7. The molecule has 1 aromatic carbocycles. The monoisotopic (exact) mass is 659 g/mol. The number of esters is 2. The van der Waals surface area contributed by atoms with Gasteiger partial charge in [-0.1, -0.05) is 43.7 Å². The molecule has 1 aliphatic heterocycles. The molecule has 258 valence electrons. The number of Topliss-reactive ketones (excluding diaryl/α,β-unsaturated/α-hetero) is 1. The van der Waals surface area contributed by atoms with Crippen molar-refractivity contribution < 1.29 is 58.9 Å². The molecule has 6 N–H and O–H groups in total. The predicted molar refractivity (Wildman–Crippen MR) is 163 cm³/mol. The van der Waals surface area contributed by atoms with Crippen LogP contribution in [0.1, 0.15) is 71.6 Å². The summed E-state index contributed by atoms with van der Waals surface area (Å²) in [7, 11) is 0. The quantitative estimate of drug-likeness (QED) is 0.180. The molecule has 3 fully saturated rings. The third kappa shape index (κ3) is 5.22. The third-order valence-electron chi connectivity index (χ3n) is 11.3. The van der Waals surface area contributed by atoms with Gasteiger partial charge in [-0.15, -0.1) is 0 Å². The van der Waals surface area contributed by atoms with E-state index in [0.717, 1.165) is 12.5 Å². The summed E-state index contributed by atoms with van der Waals surface area (Å²) in [6.07, 6.45) is -9.81. The van der Waals surface area contributed by atoms with Crippen molar-refractivity contribution in [1.29, 1.82) is 0 Å². The summed E-state index contributed by atoms with van der Waals surface area (Å²) in [6, 6.07) is 5.59. The smallest absolute Gasteiger partial charge is 0.338 e. The van der Waals surface area contributed by atoms with Crippen LogP contribution in [0.5, 0.6) is 0 Å². The lowest BCUT2D eigenvalue weighted by Gasteiger charge is -2.66. The van der Waals surface area contributed by atoms with Crippen molar-refractivity contribution >= 4 is 23.6 Å². The maximum Gasteiger partial charge on any atom is 0.338 e. The highest BCUT2D eigenvalue weighted by Crippen LogP contribution is 2.63. The van der Waals surface area contributed by atoms with Crippen molar-refractivity contribution in [2.45, 2.75) is 115 Å². The Morgan fingerprint density at radius 1 is 1.02 bits per heavy atom. The highest BCUT2D eigenvalue weighted by atomic mass is 16.6. The molecule has 13 nitrogen and oxygen atoms in total. The Morgan fingerprint density at radius 2 is 1.64 bits per heavy atom. The van der Waals surface area contributed by atoms with Gasteiger partial charge in [0.25, 0.3) is 0 Å². The largest absolute Gasteiger partial charge is 0.459 e. The fourth-order valence-electron chi connectivity index (χ4n) is 8.48. The van der Waals surface area contributed by atoms with Crippen LogP contribution in [0.3, 0.4) is 0 Å². The Bertz CT molecular complexity index is 1500. The van der Waals surface area contributed by atoms with Crippen LogP contribution in [0, 0.1) is 23.7 Å². The van der Waals surface area contributed by atoms with Gasteiger partial charge < -0.3 is 45.1 Å². The standard InChI is InChI=1S/C34H45NO12/c1-15-8-10-19(11-9-15)24(35-17(3)36)26(40)30(42)47-20-13-34(44)29(46-18(4)37)27-32(7,21(38)12-22-33(27,43)14-45-22)28(41)25(39)23(16(20)2)31(34,5)6/h8-11,20-22,24-27,29,38-40,43-44H,12-14H2,1-7H3,(H,35,36)/t20-,21-,22+,24-,25+,26+,27-,29-,32+,33-,34+/m0/s1. The Hall–Kier alpha value is -3.20. The number of aliphatic hydroxyl groups excluding tert-OH is 3. The van der Waals surface area contributed by atoms with Crippen LogP contribution >= 0.6 is 0 Å². The number of benzene rings is 1. The zero-order valence-corrected chi connectivity index (χ0v) is 27.6. The summed E-state index contributed by atoms with van der Waals surface area (Å²) in [4.78, 5) is 52.7. The second-order valence-corrected chi connectivity index (χ2v) is 14.4. The molecule has 5 rings (SSSR count). The van der Waals surface area contributed by atoms with Gasteiger partial charge in [-0.05, 0) is 37.5 Å². The number of hydrogen-bond donors (Lipinski definition) is 6. The molecule has 0 aromatic heterocycles. The number of carbonyl (C=O) groups excluding carboxylic acids is 4. The molecular weight excluding hydrogens is 614 g/mol. The van der Waals surface area contributed by atoms with E-state index >= 15 is 0 Å². The van der Waals surface area contributed by atoms with Crippen LogP contribution in [0.4, 0.5) is 0 Å². The molecule has 3 aliphatic carbocycles. The van der Waals surface area contributed by atoms with Crippen molar-refractivity contribution in [3.8, 4) is 0 Å². The average molecular weight is 660 g/mol. The van der Waals surface area contributed by atoms with Crippen LogP contribution in [-0.2, 0) is 33.4 Å². The van der Waals surface area contributed by atoms with Crippen LogP contribution in [0.25, 0.3) is 0 Å². The van der Waals surface area contributed by atoms with Crippen LogP contribution in [0.2, 0.25) is 0 Å². The number of fused-ring (bicyclic) bond motifs is 5. The first-order valence-corrected chi connectivity index (χ1v) is 15.8. The maximum absolute atomic E-state index is 14.4. The van der Waals surface area contributed by atoms with Gasteiger partial charge in [0, 0.05) is 38.0 Å². The molecule has 1 aromatic rings. The van der Waals surface area contributed by atoms with Gasteiger partial charge in [0.05, 0.1) is 30.3 Å². The minimum absolute atomic E-state index is 0.0107. The lowest BCUT2D eigenvalue weighted by molar-refractivity contribution is -0.345. The number of rotatable bonds is 6. The van der Waals surface area contributed by atoms with Crippen LogP contribution in [-0.4, -0.2) is 104 Å². The van der Waals surface area contributed by atoms with Gasteiger partial charge in [-0.2, -0.15) is 0 Å². The second kappa shape index (κ2) is 11.7. The highest BCUT2D eigenvalue weighted by Gasteiger charge is 2.76. The van der Waals surface area contributed by atoms with Gasteiger partial charge in [-0.3, -0.25) is 14.4 Å². The van der Waals surface area contributed by atoms with Gasteiger partial charge >= 0.3 is 11.9 Å². The Balaban J connectivity index is 1.62. The SMILES string of the molecule is CC(=O)N[C@@H](c1ccc(C)cc1)[C@@H](O)C(=O)O[C@H]1C[C@@]2(O)[C@@H](OC(C)=O)[C@@H]3[C@]4(O)CO[C@@H]4C[C@H](O)[C@@]3(C)C(=O)[C@H](O)C(=C1C)C2(C)C. The third-order valence-corrected chi connectivity index (χ3v) is 11.3. The summed E-state index contributed by atoms with van der Waals surface area (Å²) in [5.41, 5.74) is -5.92. The number of carbonyl (C=O) groups is 4. The number of hydrogen-bond acceptors (Lipinski definition) is 12. The minimum Gasteiger partial charge on any atom is -0.459 e. The summed E-state index contributed by atoms with van der Waals surface area (Å²) in [5.74, 6) is -4.84. The summed E-state index contributed by atoms with van der Waals surface area (Å²) >= 11 is 0. The first kappa shape index (κ1) is 35.1. The first-order valence-electron chi connectivity index (χ1n) is 15.8. The molecule has 4 aliphatic rings. The Morgan fingerprint density at radius 3 is 2.17 bits per heavy atom. The second-order valence-electron chi connectivity index (χ2n) is 14.4. The number of aliphatic hydroxyl groups is 5. The van der Waals surface area contributed by atoms with Crippen LogP contribution in [0.15, 0.2) is 35.4 Å². The molecule has 1 heterocycles. The number of ether oxygens (including phenoxy) is 3. The number of ketones is 1. The van der Waals surface area contributed by atoms with E-state index in [-0.39, 0.29) is 24.2 Å². The van der Waals surface area contributed by atoms with E-state index in [1.54, 1.807) is 38.1 Å². The van der Waals surface area contributed by atoms with E-state index in [1.165, 1.54) is 20.8 Å². The van der Waals surface area contributed by atoms with Crippen LogP contribution < -0.4 is 5.32 Å². The van der Waals surface area contributed by atoms with Gasteiger partial charge in [0.2, 0.25) is 5.91 Å². The van der Waals surface area contributed by atoms with Crippen molar-refractivity contribution in [3.05, 3.63) is 46.5 Å². The molecule has 1 saturated heterocycles. The van der Waals surface area contributed by atoms with E-state index in [2.05, 4.69) is 5.32 Å². The van der Waals surface area contributed by atoms with Crippen molar-refractivity contribution in [2.24, 2.45) is 16.7 Å². The molecule has 2 bridgehead atoms. The molecule has 2 saturated carbocycles. The molecule has 1 amide bonds. The van der Waals surface area contributed by atoms with E-state index in [4.69, 9.17) is 14.2 Å². The van der Waals surface area contributed by atoms with Gasteiger partial charge in [0.1, 0.15) is 29.5 Å². The Kier molecular flexibility index (Phi) is 8.77. The zero-order valence-electron chi connectivity index (χ0n) is 27.6. The molecular formula is C34H45NO12. The summed E-state index contributed by atoms with van der Waals surface area (Å²) in [6.45, 7) is 9.91. The minimum atomic E-state index is -2.21. The molecule has 0 spiro atoms. The lowest BCUT2D eigenvalue weighted by Crippen LogP contribution is -2.81. The molecule has 11 atom stereocenters. The highest BCUT2D eigenvalue weighted by molar-refractivity contribution is 5.93. The van der Waals surface area contributed by atoms with E-state index in [9.17, 15) is 44.7 Å². The summed E-state index contributed by atoms with van der Waals surface area (Å²) in [5, 5.41) is 61.7. The zero-order chi connectivity index (χ0) is 35.0. The van der Waals surface area contributed by atoms with E-state index in [0.29, 0.717) is 5.56 Å². The van der Waals surface area contributed by atoms with Gasteiger partial charge in [-0.25, -0.2) is 4.79 Å². The maximum atomic E-state index is 14.4. The number of nitrogens with one attached hydrogen (secondary N) is 1. The molecule has 0 radical (unpaired) electrons. The number of amides is 1. The predicted octanol–water partition coefficient (Wildman–Crippen LogP) is 0.315. The summed E-state index contributed by atoms with van der Waals surface area (Å²) < 4.78 is 17.2. The van der Waals surface area contributed by atoms with Crippen molar-refractivity contribution in [2.75, 3.05) is 6.61 Å². The Labute approximate surface area is 272 Å². The fourth-order valence-corrected chi connectivity index (χ4v) is 8.48. The molecule has 13 heteroatoms. The van der Waals surface area contributed by atoms with Crippen molar-refractivity contribution in [1.82, 2.24) is 5.32 Å². The van der Waals surface area contributed by atoms with Gasteiger partial charge in [0.15, 0.2) is 11.9 Å². The van der Waals surface area contributed by atoms with E-state index < -0.39 is 101 Å². The lowest BCUT2D eigenvalue weighted by atomic mass is 9.45. The normalized spacial score (nSPS) is 38.8. The van der Waals surface area contributed by atoms with E-state index in [1.807, 2.05) is 6.92 Å². The molecule has 0 unspecified atom stereocenters. The number of aryl methyl sites for hydroxylation is 1.